The average Bonchev–Trinajstić information content (AvgIpc) is 3.46. The Hall–Kier alpha value is -5.33. The molecule has 0 amide bonds. The predicted octanol–water partition coefficient (Wildman–Crippen LogP) is 12.7. The molecule has 0 saturated heterocycles. The first-order valence-corrected chi connectivity index (χ1v) is 25.6. The minimum atomic E-state index is -2.16. The van der Waals surface area contributed by atoms with Crippen LogP contribution in [0.4, 0.5) is 0 Å². The van der Waals surface area contributed by atoms with Crippen LogP contribution < -0.4 is 27.8 Å². The van der Waals surface area contributed by atoms with Crippen LogP contribution in [0.15, 0.2) is 109 Å². The third-order valence-corrected chi connectivity index (χ3v) is 20.0. The van der Waals surface area contributed by atoms with Crippen molar-refractivity contribution in [2.24, 2.45) is 0 Å². The summed E-state index contributed by atoms with van der Waals surface area (Å²) in [7, 11) is -4.32. The fourth-order valence-electron chi connectivity index (χ4n) is 6.00. The van der Waals surface area contributed by atoms with Crippen molar-refractivity contribution in [1.82, 2.24) is 0 Å². The second-order valence-electron chi connectivity index (χ2n) is 18.3. The Kier molecular flexibility index (Phi) is 11.5. The molecule has 1 heterocycles. The van der Waals surface area contributed by atoms with Crippen LogP contribution in [-0.2, 0) is 11.2 Å². The Balaban J connectivity index is 1.59. The first-order valence-electron chi connectivity index (χ1n) is 19.8. The number of rotatable bonds is 11. The van der Waals surface area contributed by atoms with Gasteiger partial charge in [0.15, 0.2) is 23.0 Å². The van der Waals surface area contributed by atoms with E-state index in [1.54, 1.807) is 24.3 Å². The van der Waals surface area contributed by atoms with Crippen molar-refractivity contribution < 1.29 is 37.4 Å². The van der Waals surface area contributed by atoms with Gasteiger partial charge in [0.25, 0.3) is 0 Å². The number of benzene rings is 5. The number of hydrogen-bond donors (Lipinski definition) is 0. The Labute approximate surface area is 345 Å². The summed E-state index contributed by atoms with van der Waals surface area (Å²) in [6.45, 7) is 25.6. The molecule has 0 aliphatic carbocycles. The van der Waals surface area contributed by atoms with Crippen LogP contribution >= 0.6 is 0 Å². The summed E-state index contributed by atoms with van der Waals surface area (Å²) in [5.41, 5.74) is 3.17. The summed E-state index contributed by atoms with van der Waals surface area (Å²) >= 11 is 0. The highest BCUT2D eigenvalue weighted by molar-refractivity contribution is 6.75. The van der Waals surface area contributed by atoms with Gasteiger partial charge in [-0.3, -0.25) is 4.79 Å². The molecular formula is C48H56O8Si2. The van der Waals surface area contributed by atoms with Crippen LogP contribution in [0.3, 0.4) is 0 Å². The molecule has 1 aliphatic heterocycles. The van der Waals surface area contributed by atoms with Gasteiger partial charge in [-0.2, -0.15) is 0 Å². The Morgan fingerprint density at radius 3 is 1.38 bits per heavy atom. The van der Waals surface area contributed by atoms with E-state index in [0.29, 0.717) is 39.3 Å². The predicted molar refractivity (Wildman–Crippen MR) is 235 cm³/mol. The molecule has 0 unspecified atom stereocenters. The van der Waals surface area contributed by atoms with E-state index < -0.39 is 34.4 Å². The first kappa shape index (κ1) is 42.3. The third-order valence-electron chi connectivity index (χ3n) is 11.3. The molecule has 304 valence electrons. The van der Waals surface area contributed by atoms with E-state index in [0.717, 1.165) is 17.1 Å². The van der Waals surface area contributed by atoms with E-state index in [9.17, 15) is 9.59 Å². The first-order chi connectivity index (χ1) is 27.1. The van der Waals surface area contributed by atoms with Crippen molar-refractivity contribution in [3.63, 3.8) is 0 Å². The molecule has 0 N–H and O–H groups in total. The molecule has 0 aromatic heterocycles. The zero-order valence-corrected chi connectivity index (χ0v) is 37.9. The Morgan fingerprint density at radius 2 is 0.966 bits per heavy atom. The molecule has 58 heavy (non-hydrogen) atoms. The normalized spacial score (nSPS) is 13.8. The second-order valence-corrected chi connectivity index (χ2v) is 27.8. The van der Waals surface area contributed by atoms with E-state index in [1.165, 1.54) is 0 Å². The molecule has 0 atom stereocenters. The highest BCUT2D eigenvalue weighted by Crippen LogP contribution is 2.61. The van der Waals surface area contributed by atoms with E-state index in [2.05, 4.69) is 67.7 Å². The fraction of sp³-hybridized carbons (Fsp3) is 0.333. The molecule has 5 aromatic carbocycles. The minimum absolute atomic E-state index is 0.00813. The van der Waals surface area contributed by atoms with E-state index in [4.69, 9.17) is 27.8 Å². The van der Waals surface area contributed by atoms with Gasteiger partial charge in [0.05, 0.1) is 23.1 Å². The lowest BCUT2D eigenvalue weighted by atomic mass is 9.95. The molecule has 0 spiro atoms. The van der Waals surface area contributed by atoms with Crippen LogP contribution in [0.2, 0.25) is 36.3 Å². The molecule has 6 rings (SSSR count). The van der Waals surface area contributed by atoms with Crippen LogP contribution in [0, 0.1) is 0 Å². The van der Waals surface area contributed by atoms with E-state index in [-0.39, 0.29) is 28.0 Å². The summed E-state index contributed by atoms with van der Waals surface area (Å²) in [4.78, 5) is 28.2. The van der Waals surface area contributed by atoms with Gasteiger partial charge in [0.2, 0.25) is 22.4 Å². The van der Waals surface area contributed by atoms with Gasteiger partial charge in [-0.1, -0.05) is 114 Å². The molecule has 0 saturated carbocycles. The largest absolute Gasteiger partial charge is 0.544 e. The topological polar surface area (TPSA) is 89.5 Å². The number of fused-ring (bicyclic) bond motifs is 1. The van der Waals surface area contributed by atoms with Crippen molar-refractivity contribution >= 4 is 28.6 Å². The van der Waals surface area contributed by atoms with E-state index >= 15 is 0 Å². The van der Waals surface area contributed by atoms with Gasteiger partial charge in [-0.05, 0) is 89.4 Å². The van der Waals surface area contributed by atoms with Crippen molar-refractivity contribution in [2.45, 2.75) is 104 Å². The number of esters is 2. The van der Waals surface area contributed by atoms with Gasteiger partial charge in [0, 0.05) is 13.8 Å². The van der Waals surface area contributed by atoms with Gasteiger partial charge in [0.1, 0.15) is 11.5 Å². The maximum absolute atomic E-state index is 14.1. The lowest BCUT2D eigenvalue weighted by Gasteiger charge is -2.36. The maximum Gasteiger partial charge on any atom is 0.343 e. The molecule has 0 fully saturated rings. The van der Waals surface area contributed by atoms with E-state index in [1.807, 2.05) is 98.8 Å². The molecular weight excluding hydrogens is 761 g/mol. The van der Waals surface area contributed by atoms with Crippen LogP contribution in [0.25, 0.3) is 22.3 Å². The lowest BCUT2D eigenvalue weighted by Crippen LogP contribution is -2.43. The molecule has 0 radical (unpaired) electrons. The third kappa shape index (κ3) is 9.19. The zero-order valence-electron chi connectivity index (χ0n) is 35.9. The smallest absolute Gasteiger partial charge is 0.343 e. The Morgan fingerprint density at radius 1 is 0.569 bits per heavy atom. The maximum atomic E-state index is 14.1. The number of carbonyl (C=O) groups excluding carboxylic acids is 2. The summed E-state index contributed by atoms with van der Waals surface area (Å²) in [5, 5.41) is -0.0166. The van der Waals surface area contributed by atoms with Crippen LogP contribution in [0.5, 0.6) is 34.5 Å². The number of carbonyl (C=O) groups is 2. The fourth-order valence-corrected chi connectivity index (χ4v) is 8.06. The summed E-state index contributed by atoms with van der Waals surface area (Å²) in [5.74, 6) is -0.134. The average molecular weight is 817 g/mol. The minimum Gasteiger partial charge on any atom is -0.544 e. The monoisotopic (exact) mass is 816 g/mol. The van der Waals surface area contributed by atoms with Gasteiger partial charge in [-0.25, -0.2) is 4.79 Å². The summed E-state index contributed by atoms with van der Waals surface area (Å²) < 4.78 is 39.3. The standard InChI is InChI=1S/C48H56O8Si2/c1-46(2,3)57(9,10)55-36-27-23-33(24-28-36)39-41(51-38(49)31-32-19-15-13-16-20-32)42(52-45(50)35-21-17-14-18-22-35)40(44-43(39)53-48(7,8)54-44)34-25-29-37(30-26-34)56-58(11,12)47(4,5)6/h13-30H,31H2,1-12H3. The van der Waals surface area contributed by atoms with Crippen molar-refractivity contribution in [2.75, 3.05) is 0 Å². The lowest BCUT2D eigenvalue weighted by molar-refractivity contribution is -0.133. The zero-order chi connectivity index (χ0) is 42.3. The summed E-state index contributed by atoms with van der Waals surface area (Å²) in [6, 6.07) is 33.3. The van der Waals surface area contributed by atoms with Crippen molar-refractivity contribution in [1.29, 1.82) is 0 Å². The molecule has 8 nitrogen and oxygen atoms in total. The van der Waals surface area contributed by atoms with Crippen LogP contribution in [0.1, 0.15) is 71.3 Å². The van der Waals surface area contributed by atoms with Crippen molar-refractivity contribution in [3.8, 4) is 56.8 Å². The van der Waals surface area contributed by atoms with Gasteiger partial charge < -0.3 is 27.8 Å². The SMILES string of the molecule is CC1(C)Oc2c(c(-c3ccc(O[Si](C)(C)C(C)(C)C)cc3)c(OC(=O)c3ccccc3)c(OC(=O)Cc3ccccc3)c2-c2ccc(O[Si](C)(C)C(C)(C)C)cc2)O1. The highest BCUT2D eigenvalue weighted by atomic mass is 28.4. The molecule has 5 aromatic rings. The molecule has 10 heteroatoms. The number of hydrogen-bond acceptors (Lipinski definition) is 8. The second kappa shape index (κ2) is 15.8. The van der Waals surface area contributed by atoms with Crippen molar-refractivity contribution in [3.05, 3.63) is 120 Å². The van der Waals surface area contributed by atoms with Crippen LogP contribution in [-0.4, -0.2) is 34.4 Å². The van der Waals surface area contributed by atoms with Gasteiger partial charge >= 0.3 is 11.9 Å². The molecule has 0 bridgehead atoms. The Bertz CT molecular complexity index is 2270. The van der Waals surface area contributed by atoms with Gasteiger partial charge in [-0.15, -0.1) is 0 Å². The quantitative estimate of drug-likeness (QED) is 0.0740. The summed E-state index contributed by atoms with van der Waals surface area (Å²) in [6.07, 6.45) is -0.0274. The number of ether oxygens (including phenoxy) is 4. The highest BCUT2D eigenvalue weighted by Gasteiger charge is 2.43. The molecule has 1 aliphatic rings.